The van der Waals surface area contributed by atoms with Crippen molar-refractivity contribution < 1.29 is 9.63 Å². The van der Waals surface area contributed by atoms with Gasteiger partial charge in [0, 0.05) is 18.5 Å². The van der Waals surface area contributed by atoms with Gasteiger partial charge in [-0.3, -0.25) is 0 Å². The number of aromatic nitrogens is 2. The molecule has 0 aliphatic heterocycles. The van der Waals surface area contributed by atoms with Crippen LogP contribution >= 0.6 is 11.6 Å². The fourth-order valence-corrected chi connectivity index (χ4v) is 2.09. The van der Waals surface area contributed by atoms with Gasteiger partial charge in [0.25, 0.3) is 5.89 Å². The first-order chi connectivity index (χ1) is 9.63. The highest BCUT2D eigenvalue weighted by Gasteiger charge is 2.11. The van der Waals surface area contributed by atoms with E-state index in [9.17, 15) is 5.11 Å². The van der Waals surface area contributed by atoms with E-state index in [0.717, 1.165) is 26.1 Å². The van der Waals surface area contributed by atoms with Crippen molar-refractivity contribution >= 4 is 11.6 Å². The number of nitrogens with zero attached hydrogens (tertiary/aromatic N) is 3. The van der Waals surface area contributed by atoms with E-state index < -0.39 is 0 Å². The van der Waals surface area contributed by atoms with Gasteiger partial charge in [-0.05, 0) is 31.3 Å². The van der Waals surface area contributed by atoms with E-state index in [1.807, 2.05) is 0 Å². The third-order valence-electron chi connectivity index (χ3n) is 3.21. The van der Waals surface area contributed by atoms with E-state index in [1.165, 1.54) is 6.07 Å². The second-order valence-electron chi connectivity index (χ2n) is 4.46. The molecule has 0 bridgehead atoms. The van der Waals surface area contributed by atoms with Crippen LogP contribution in [0, 0.1) is 0 Å². The number of likely N-dealkylation sites (N-methyl/N-ethyl adjacent to an activating group) is 1. The number of phenolic OH excluding ortho intramolecular Hbond substituents is 1. The SMILES string of the molecule is CCN(CC)CCc1noc(-c2ccc(O)c(Cl)c2)n1. The lowest BCUT2D eigenvalue weighted by Gasteiger charge is -2.16. The third kappa shape index (κ3) is 3.49. The second-order valence-corrected chi connectivity index (χ2v) is 4.87. The van der Waals surface area contributed by atoms with Gasteiger partial charge < -0.3 is 14.5 Å². The van der Waals surface area contributed by atoms with Crippen molar-refractivity contribution in [2.75, 3.05) is 19.6 Å². The summed E-state index contributed by atoms with van der Waals surface area (Å²) >= 11 is 5.86. The van der Waals surface area contributed by atoms with Crippen molar-refractivity contribution in [1.29, 1.82) is 0 Å². The first kappa shape index (κ1) is 14.8. The van der Waals surface area contributed by atoms with Crippen LogP contribution in [0.2, 0.25) is 5.02 Å². The molecule has 1 aromatic carbocycles. The molecular formula is C14H18ClN3O2. The standard InChI is InChI=1S/C14H18ClN3O2/c1-3-18(4-2)8-7-13-16-14(20-17-13)10-5-6-12(19)11(15)9-10/h5-6,9,19H,3-4,7-8H2,1-2H3. The molecule has 0 spiro atoms. The molecule has 0 saturated heterocycles. The lowest BCUT2D eigenvalue weighted by atomic mass is 10.2. The molecule has 1 aromatic heterocycles. The van der Waals surface area contributed by atoms with Gasteiger partial charge in [0.2, 0.25) is 0 Å². The summed E-state index contributed by atoms with van der Waals surface area (Å²) in [7, 11) is 0. The molecule has 1 N–H and O–H groups in total. The Hall–Kier alpha value is -1.59. The Balaban J connectivity index is 2.06. The van der Waals surface area contributed by atoms with Crippen LogP contribution < -0.4 is 0 Å². The van der Waals surface area contributed by atoms with Crippen molar-refractivity contribution in [3.63, 3.8) is 0 Å². The average Bonchev–Trinajstić information content (AvgIpc) is 2.92. The molecule has 2 aromatic rings. The molecule has 0 atom stereocenters. The van der Waals surface area contributed by atoms with Gasteiger partial charge in [0.05, 0.1) is 5.02 Å². The molecule has 20 heavy (non-hydrogen) atoms. The van der Waals surface area contributed by atoms with Crippen molar-refractivity contribution in [1.82, 2.24) is 15.0 Å². The lowest BCUT2D eigenvalue weighted by Crippen LogP contribution is -2.25. The van der Waals surface area contributed by atoms with Gasteiger partial charge in [0.15, 0.2) is 5.82 Å². The first-order valence-electron chi connectivity index (χ1n) is 6.67. The van der Waals surface area contributed by atoms with E-state index >= 15 is 0 Å². The number of aromatic hydroxyl groups is 1. The van der Waals surface area contributed by atoms with Crippen LogP contribution in [0.25, 0.3) is 11.5 Å². The van der Waals surface area contributed by atoms with Crippen molar-refractivity contribution in [3.05, 3.63) is 29.0 Å². The highest BCUT2D eigenvalue weighted by atomic mass is 35.5. The molecule has 0 unspecified atom stereocenters. The summed E-state index contributed by atoms with van der Waals surface area (Å²) in [5.41, 5.74) is 0.703. The van der Waals surface area contributed by atoms with Gasteiger partial charge in [-0.1, -0.05) is 30.6 Å². The van der Waals surface area contributed by atoms with Crippen LogP contribution in [0.15, 0.2) is 22.7 Å². The predicted molar refractivity (Wildman–Crippen MR) is 77.9 cm³/mol. The maximum atomic E-state index is 9.39. The van der Waals surface area contributed by atoms with E-state index in [0.29, 0.717) is 17.3 Å². The van der Waals surface area contributed by atoms with E-state index in [-0.39, 0.29) is 10.8 Å². The summed E-state index contributed by atoms with van der Waals surface area (Å²) in [4.78, 5) is 6.65. The van der Waals surface area contributed by atoms with Gasteiger partial charge in [-0.25, -0.2) is 0 Å². The summed E-state index contributed by atoms with van der Waals surface area (Å²) < 4.78 is 5.23. The molecule has 6 heteroatoms. The Morgan fingerprint density at radius 1 is 1.30 bits per heavy atom. The van der Waals surface area contributed by atoms with Crippen LogP contribution in [0.1, 0.15) is 19.7 Å². The van der Waals surface area contributed by atoms with Gasteiger partial charge in [0.1, 0.15) is 5.75 Å². The van der Waals surface area contributed by atoms with Gasteiger partial charge in [-0.2, -0.15) is 4.98 Å². The van der Waals surface area contributed by atoms with Crippen molar-refractivity contribution in [3.8, 4) is 17.2 Å². The molecule has 5 nitrogen and oxygen atoms in total. The Labute approximate surface area is 123 Å². The Morgan fingerprint density at radius 3 is 2.70 bits per heavy atom. The zero-order valence-electron chi connectivity index (χ0n) is 11.6. The minimum absolute atomic E-state index is 0.0386. The highest BCUT2D eigenvalue weighted by Crippen LogP contribution is 2.28. The summed E-state index contributed by atoms with van der Waals surface area (Å²) in [5.74, 6) is 1.13. The van der Waals surface area contributed by atoms with Crippen LogP contribution in [-0.4, -0.2) is 39.8 Å². The van der Waals surface area contributed by atoms with Crippen LogP contribution in [0.5, 0.6) is 5.75 Å². The van der Waals surface area contributed by atoms with E-state index in [4.69, 9.17) is 16.1 Å². The Morgan fingerprint density at radius 2 is 2.05 bits per heavy atom. The normalized spacial score (nSPS) is 11.2. The predicted octanol–water partition coefficient (Wildman–Crippen LogP) is 2.98. The average molecular weight is 296 g/mol. The van der Waals surface area contributed by atoms with Crippen LogP contribution in [0.4, 0.5) is 0 Å². The smallest absolute Gasteiger partial charge is 0.257 e. The third-order valence-corrected chi connectivity index (χ3v) is 3.51. The first-order valence-corrected chi connectivity index (χ1v) is 7.05. The van der Waals surface area contributed by atoms with Gasteiger partial charge in [-0.15, -0.1) is 0 Å². The number of hydrogen-bond donors (Lipinski definition) is 1. The zero-order valence-corrected chi connectivity index (χ0v) is 12.4. The van der Waals surface area contributed by atoms with Crippen LogP contribution in [0.3, 0.4) is 0 Å². The fraction of sp³-hybridized carbons (Fsp3) is 0.429. The van der Waals surface area contributed by atoms with Crippen LogP contribution in [-0.2, 0) is 6.42 Å². The molecule has 0 saturated carbocycles. The molecule has 0 fully saturated rings. The number of halogens is 1. The number of rotatable bonds is 6. The Kier molecular flexibility index (Phi) is 4.98. The number of hydrogen-bond acceptors (Lipinski definition) is 5. The molecule has 108 valence electrons. The topological polar surface area (TPSA) is 62.4 Å². The monoisotopic (exact) mass is 295 g/mol. The zero-order chi connectivity index (χ0) is 14.5. The largest absolute Gasteiger partial charge is 0.506 e. The minimum atomic E-state index is 0.0386. The molecule has 1 heterocycles. The maximum absolute atomic E-state index is 9.39. The minimum Gasteiger partial charge on any atom is -0.506 e. The fourth-order valence-electron chi connectivity index (χ4n) is 1.91. The molecule has 2 rings (SSSR count). The molecule has 0 aliphatic rings. The summed E-state index contributed by atoms with van der Waals surface area (Å²) in [5, 5.41) is 13.6. The Bertz CT molecular complexity index is 567. The van der Waals surface area contributed by atoms with Crippen molar-refractivity contribution in [2.24, 2.45) is 0 Å². The second kappa shape index (κ2) is 6.72. The molecule has 0 amide bonds. The highest BCUT2D eigenvalue weighted by molar-refractivity contribution is 6.32. The number of phenols is 1. The molecule has 0 radical (unpaired) electrons. The lowest BCUT2D eigenvalue weighted by molar-refractivity contribution is 0.303. The summed E-state index contributed by atoms with van der Waals surface area (Å²) in [6.45, 7) is 7.18. The van der Waals surface area contributed by atoms with E-state index in [1.54, 1.807) is 12.1 Å². The number of benzene rings is 1. The van der Waals surface area contributed by atoms with Crippen molar-refractivity contribution in [2.45, 2.75) is 20.3 Å². The summed E-state index contributed by atoms with van der Waals surface area (Å²) in [6.07, 6.45) is 0.747. The maximum Gasteiger partial charge on any atom is 0.257 e. The van der Waals surface area contributed by atoms with E-state index in [2.05, 4.69) is 28.9 Å². The quantitative estimate of drug-likeness (QED) is 0.887. The molecule has 0 aliphatic carbocycles. The van der Waals surface area contributed by atoms with Gasteiger partial charge >= 0.3 is 0 Å². The molecular weight excluding hydrogens is 278 g/mol. The summed E-state index contributed by atoms with van der Waals surface area (Å²) in [6, 6.07) is 4.82.